The molecular weight excluding hydrogens is 379 g/mol. The van der Waals surface area contributed by atoms with Gasteiger partial charge in [-0.3, -0.25) is 9.69 Å². The highest BCUT2D eigenvalue weighted by Gasteiger charge is 2.48. The van der Waals surface area contributed by atoms with Gasteiger partial charge in [0.25, 0.3) is 0 Å². The van der Waals surface area contributed by atoms with Crippen LogP contribution in [0, 0.1) is 17.7 Å². The monoisotopic (exact) mass is 402 g/mol. The molecule has 2 aromatic rings. The average Bonchev–Trinajstić information content (AvgIpc) is 3.22. The molecule has 0 radical (unpaired) electrons. The van der Waals surface area contributed by atoms with E-state index in [-0.39, 0.29) is 17.8 Å². The zero-order valence-electron chi connectivity index (χ0n) is 16.1. The lowest BCUT2D eigenvalue weighted by molar-refractivity contribution is -0.130. The summed E-state index contributed by atoms with van der Waals surface area (Å²) < 4.78 is 19.5. The van der Waals surface area contributed by atoms with Crippen molar-refractivity contribution in [2.75, 3.05) is 26.7 Å². The number of hydrogen-bond donors (Lipinski definition) is 0. The normalized spacial score (nSPS) is 24.4. The van der Waals surface area contributed by atoms with E-state index in [0.717, 1.165) is 30.9 Å². The Hall–Kier alpha value is -2.11. The third kappa shape index (κ3) is 3.49. The van der Waals surface area contributed by atoms with Crippen molar-refractivity contribution in [3.63, 3.8) is 0 Å². The molecule has 2 aliphatic heterocycles. The van der Waals surface area contributed by atoms with E-state index >= 15 is 0 Å². The Kier molecular flexibility index (Phi) is 5.30. The van der Waals surface area contributed by atoms with Crippen molar-refractivity contribution in [3.8, 4) is 5.75 Å². The fraction of sp³-hybridized carbons (Fsp3) is 0.409. The molecule has 0 saturated carbocycles. The van der Waals surface area contributed by atoms with Gasteiger partial charge < -0.3 is 9.64 Å². The van der Waals surface area contributed by atoms with E-state index in [0.29, 0.717) is 29.0 Å². The number of carbonyl (C=O) groups excluding carboxylic acids is 1. The minimum Gasteiger partial charge on any atom is -0.497 e. The second-order valence-electron chi connectivity index (χ2n) is 7.71. The first-order valence-electron chi connectivity index (χ1n) is 9.54. The van der Waals surface area contributed by atoms with Crippen molar-refractivity contribution < 1.29 is 13.9 Å². The Bertz CT molecular complexity index is 853. The second kappa shape index (κ2) is 7.72. The van der Waals surface area contributed by atoms with Gasteiger partial charge in [-0.2, -0.15) is 0 Å². The van der Waals surface area contributed by atoms with E-state index in [2.05, 4.69) is 4.90 Å². The van der Waals surface area contributed by atoms with Crippen molar-refractivity contribution in [2.24, 2.45) is 11.8 Å². The lowest BCUT2D eigenvalue weighted by Gasteiger charge is -2.29. The number of fused-ring (bicyclic) bond motifs is 1. The fourth-order valence-electron chi connectivity index (χ4n) is 4.73. The minimum absolute atomic E-state index is 0.0366. The van der Waals surface area contributed by atoms with E-state index in [1.54, 1.807) is 26.2 Å². The summed E-state index contributed by atoms with van der Waals surface area (Å²) >= 11 is 6.22. The van der Waals surface area contributed by atoms with E-state index < -0.39 is 0 Å². The quantitative estimate of drug-likeness (QED) is 0.770. The molecule has 0 aliphatic carbocycles. The Balaban J connectivity index is 1.56. The topological polar surface area (TPSA) is 32.8 Å². The fourth-order valence-corrected chi connectivity index (χ4v) is 4.95. The van der Waals surface area contributed by atoms with Crippen LogP contribution in [0.1, 0.15) is 24.1 Å². The molecule has 0 aromatic heterocycles. The Morgan fingerprint density at radius 3 is 2.57 bits per heavy atom. The van der Waals surface area contributed by atoms with Crippen LogP contribution in [0.3, 0.4) is 0 Å². The summed E-state index contributed by atoms with van der Waals surface area (Å²) in [4.78, 5) is 16.5. The number of methoxy groups -OCH3 is 1. The van der Waals surface area contributed by atoms with Gasteiger partial charge in [0.1, 0.15) is 11.6 Å². The number of amides is 1. The Morgan fingerprint density at radius 2 is 1.93 bits per heavy atom. The molecule has 28 heavy (non-hydrogen) atoms. The van der Waals surface area contributed by atoms with Gasteiger partial charge in [-0.05, 0) is 35.7 Å². The molecule has 0 unspecified atom stereocenters. The zero-order valence-corrected chi connectivity index (χ0v) is 16.8. The van der Waals surface area contributed by atoms with Crippen LogP contribution in [0.4, 0.5) is 4.39 Å². The van der Waals surface area contributed by atoms with E-state index in [1.165, 1.54) is 6.07 Å². The first-order valence-corrected chi connectivity index (χ1v) is 9.92. The van der Waals surface area contributed by atoms with E-state index in [4.69, 9.17) is 16.3 Å². The molecule has 0 bridgehead atoms. The highest BCUT2D eigenvalue weighted by molar-refractivity contribution is 6.31. The number of hydrogen-bond acceptors (Lipinski definition) is 3. The number of ether oxygens (including phenoxy) is 1. The highest BCUT2D eigenvalue weighted by Crippen LogP contribution is 2.45. The van der Waals surface area contributed by atoms with Crippen LogP contribution < -0.4 is 4.74 Å². The maximum absolute atomic E-state index is 14.2. The van der Waals surface area contributed by atoms with Crippen molar-refractivity contribution in [2.45, 2.75) is 19.5 Å². The predicted octanol–water partition coefficient (Wildman–Crippen LogP) is 4.14. The van der Waals surface area contributed by atoms with Crippen LogP contribution >= 0.6 is 11.6 Å². The van der Waals surface area contributed by atoms with E-state index in [9.17, 15) is 9.18 Å². The summed E-state index contributed by atoms with van der Waals surface area (Å²) in [5.74, 6) is 1.33. The number of halogens is 2. The molecule has 2 aromatic carbocycles. The van der Waals surface area contributed by atoms with Gasteiger partial charge in [-0.1, -0.05) is 29.8 Å². The zero-order chi connectivity index (χ0) is 19.8. The van der Waals surface area contributed by atoms with Crippen LogP contribution in [-0.4, -0.2) is 42.5 Å². The average molecular weight is 403 g/mol. The lowest BCUT2D eigenvalue weighted by Crippen LogP contribution is -2.34. The molecule has 0 N–H and O–H groups in total. The SMILES string of the molecule is COc1ccc([C@H]2[C@@H]3CN(Cc4c(F)cccc4Cl)C[C@@H]3CN2C(C)=O)cc1. The largest absolute Gasteiger partial charge is 0.497 e. The Morgan fingerprint density at radius 1 is 1.18 bits per heavy atom. The van der Waals surface area contributed by atoms with Gasteiger partial charge in [0.05, 0.1) is 13.2 Å². The lowest BCUT2D eigenvalue weighted by atomic mass is 9.89. The highest BCUT2D eigenvalue weighted by atomic mass is 35.5. The molecule has 2 fully saturated rings. The van der Waals surface area contributed by atoms with Crippen LogP contribution in [-0.2, 0) is 11.3 Å². The van der Waals surface area contributed by atoms with Crippen molar-refractivity contribution in [3.05, 3.63) is 64.4 Å². The molecule has 2 saturated heterocycles. The van der Waals surface area contributed by atoms with Crippen molar-refractivity contribution >= 4 is 17.5 Å². The Labute approximate surface area is 169 Å². The maximum Gasteiger partial charge on any atom is 0.219 e. The first-order chi connectivity index (χ1) is 13.5. The van der Waals surface area contributed by atoms with Gasteiger partial charge >= 0.3 is 0 Å². The smallest absolute Gasteiger partial charge is 0.219 e. The van der Waals surface area contributed by atoms with E-state index in [1.807, 2.05) is 29.2 Å². The molecule has 2 heterocycles. The summed E-state index contributed by atoms with van der Waals surface area (Å²) in [6, 6.07) is 12.8. The molecule has 2 aliphatic rings. The molecule has 0 spiro atoms. The number of rotatable bonds is 4. The summed E-state index contributed by atoms with van der Waals surface area (Å²) in [5, 5.41) is 0.467. The molecule has 6 heteroatoms. The molecular formula is C22H24ClFN2O2. The number of nitrogens with zero attached hydrogens (tertiary/aromatic N) is 2. The van der Waals surface area contributed by atoms with Crippen LogP contribution in [0.5, 0.6) is 5.75 Å². The molecule has 4 nitrogen and oxygen atoms in total. The summed E-state index contributed by atoms with van der Waals surface area (Å²) in [7, 11) is 1.64. The van der Waals surface area contributed by atoms with Gasteiger partial charge in [0.2, 0.25) is 5.91 Å². The van der Waals surface area contributed by atoms with Crippen LogP contribution in [0.15, 0.2) is 42.5 Å². The third-order valence-corrected chi connectivity index (χ3v) is 6.40. The van der Waals surface area contributed by atoms with Crippen LogP contribution in [0.2, 0.25) is 5.02 Å². The maximum atomic E-state index is 14.2. The number of benzene rings is 2. The van der Waals surface area contributed by atoms with Crippen LogP contribution in [0.25, 0.3) is 0 Å². The third-order valence-electron chi connectivity index (χ3n) is 6.04. The standard InChI is InChI=1S/C22H24ClFN2O2/c1-14(27)26-11-16-10-25(13-19-20(23)4-3-5-21(19)24)12-18(16)22(26)15-6-8-17(28-2)9-7-15/h3-9,16,18,22H,10-13H2,1-2H3/t16-,18-,22+/m1/s1. The minimum atomic E-state index is -0.262. The summed E-state index contributed by atoms with van der Waals surface area (Å²) in [6.07, 6.45) is 0. The summed E-state index contributed by atoms with van der Waals surface area (Å²) in [6.45, 7) is 4.52. The van der Waals surface area contributed by atoms with Crippen molar-refractivity contribution in [1.29, 1.82) is 0 Å². The summed E-state index contributed by atoms with van der Waals surface area (Å²) in [5.41, 5.74) is 1.67. The van der Waals surface area contributed by atoms with Gasteiger partial charge in [-0.15, -0.1) is 0 Å². The molecule has 3 atom stereocenters. The first kappa shape index (κ1) is 19.2. The van der Waals surface area contributed by atoms with Gasteiger partial charge in [0, 0.05) is 49.6 Å². The molecule has 1 amide bonds. The number of likely N-dealkylation sites (tertiary alicyclic amines) is 2. The predicted molar refractivity (Wildman–Crippen MR) is 107 cm³/mol. The molecule has 148 valence electrons. The number of carbonyl (C=O) groups is 1. The second-order valence-corrected chi connectivity index (χ2v) is 8.11. The van der Waals surface area contributed by atoms with Crippen molar-refractivity contribution in [1.82, 2.24) is 9.80 Å². The van der Waals surface area contributed by atoms with Gasteiger partial charge in [-0.25, -0.2) is 4.39 Å². The van der Waals surface area contributed by atoms with Gasteiger partial charge in [0.15, 0.2) is 0 Å². The molecule has 4 rings (SSSR count).